The Bertz CT molecular complexity index is 128. The van der Waals surface area contributed by atoms with E-state index >= 15 is 0 Å². The third-order valence-electron chi connectivity index (χ3n) is 2.83. The van der Waals surface area contributed by atoms with Gasteiger partial charge in [0.05, 0.1) is 6.10 Å². The minimum atomic E-state index is 0.550. The smallest absolute Gasteiger partial charge is 0.0599 e. The summed E-state index contributed by atoms with van der Waals surface area (Å²) in [7, 11) is 0. The predicted molar refractivity (Wildman–Crippen MR) is 72.0 cm³/mol. The van der Waals surface area contributed by atoms with Crippen LogP contribution < -0.4 is 0 Å². The van der Waals surface area contributed by atoms with Gasteiger partial charge in [0.1, 0.15) is 0 Å². The minimum Gasteiger partial charge on any atom is -0.378 e. The maximum Gasteiger partial charge on any atom is 0.0599 e. The van der Waals surface area contributed by atoms with Crippen LogP contribution in [0.15, 0.2) is 0 Å². The molecule has 2 nitrogen and oxygen atoms in total. The van der Waals surface area contributed by atoms with Crippen molar-refractivity contribution in [2.45, 2.75) is 65.9 Å². The fraction of sp³-hybridized carbons (Fsp3) is 1.00. The molecule has 0 atom stereocenters. The molecule has 1 saturated heterocycles. The van der Waals surface area contributed by atoms with Crippen molar-refractivity contribution in [3.8, 4) is 0 Å². The topological polar surface area (TPSA) is 12.5 Å². The highest BCUT2D eigenvalue weighted by molar-refractivity contribution is 4.71. The molecule has 0 aromatic carbocycles. The molecule has 0 N–H and O–H groups in total. The number of hydrogen-bond donors (Lipinski definition) is 0. The molecule has 0 aromatic heterocycles. The maximum absolute atomic E-state index is 5.79. The van der Waals surface area contributed by atoms with Crippen LogP contribution in [-0.4, -0.2) is 37.2 Å². The number of piperidine rings is 1. The quantitative estimate of drug-likeness (QED) is 0.666. The number of hydrogen-bond acceptors (Lipinski definition) is 2. The van der Waals surface area contributed by atoms with Crippen LogP contribution in [0.25, 0.3) is 0 Å². The largest absolute Gasteiger partial charge is 0.378 e. The molecule has 0 bridgehead atoms. The van der Waals surface area contributed by atoms with E-state index in [1.165, 1.54) is 51.7 Å². The average Bonchev–Trinajstić information content (AvgIpc) is 2.31. The summed E-state index contributed by atoms with van der Waals surface area (Å²) in [5.41, 5.74) is 0. The van der Waals surface area contributed by atoms with Gasteiger partial charge in [0.2, 0.25) is 0 Å². The molecule has 0 unspecified atom stereocenters. The second-order valence-corrected chi connectivity index (χ2v) is 4.57. The highest BCUT2D eigenvalue weighted by atomic mass is 16.5. The summed E-state index contributed by atoms with van der Waals surface area (Å²) < 4.78 is 5.79. The molecular formula is C14H31NO. The summed E-state index contributed by atoms with van der Waals surface area (Å²) in [5.74, 6) is 0. The third kappa shape index (κ3) is 8.12. The number of ether oxygens (including phenoxy) is 1. The van der Waals surface area contributed by atoms with Crippen LogP contribution in [0.2, 0.25) is 0 Å². The molecule has 0 aromatic rings. The Hall–Kier alpha value is -0.0800. The normalized spacial score (nSPS) is 18.0. The Morgan fingerprint density at radius 2 is 1.62 bits per heavy atom. The van der Waals surface area contributed by atoms with Crippen LogP contribution >= 0.6 is 0 Å². The lowest BCUT2D eigenvalue weighted by Gasteiger charge is -2.30. The first-order valence-electron chi connectivity index (χ1n) is 7.12. The molecule has 1 heterocycles. The molecule has 0 amide bonds. The predicted octanol–water partition coefficient (Wildman–Crippen LogP) is 3.70. The Labute approximate surface area is 102 Å². The molecule has 1 aliphatic heterocycles. The van der Waals surface area contributed by atoms with Crippen molar-refractivity contribution in [3.05, 3.63) is 0 Å². The maximum atomic E-state index is 5.79. The summed E-state index contributed by atoms with van der Waals surface area (Å²) in [5, 5.41) is 0. The van der Waals surface area contributed by atoms with Crippen LogP contribution in [-0.2, 0) is 4.74 Å². The molecule has 0 spiro atoms. The summed E-state index contributed by atoms with van der Waals surface area (Å²) in [6, 6.07) is 0. The first-order chi connectivity index (χ1) is 7.78. The van der Waals surface area contributed by atoms with Gasteiger partial charge in [0.15, 0.2) is 0 Å². The molecule has 2 heteroatoms. The van der Waals surface area contributed by atoms with Crippen LogP contribution in [0.5, 0.6) is 0 Å². The van der Waals surface area contributed by atoms with Gasteiger partial charge in [-0.25, -0.2) is 0 Å². The number of unbranched alkanes of at least 4 members (excludes halogenated alkanes) is 1. The van der Waals surface area contributed by atoms with Crippen LogP contribution in [0.3, 0.4) is 0 Å². The zero-order valence-corrected chi connectivity index (χ0v) is 11.8. The van der Waals surface area contributed by atoms with E-state index in [1.807, 2.05) is 0 Å². The summed E-state index contributed by atoms with van der Waals surface area (Å²) in [6.07, 6.45) is 6.73. The molecule has 0 aliphatic carbocycles. The standard InChI is InChI=1S/C11H23NO.C3H8/c1-3-5-10-13-11-6-8-12(4-2)9-7-11;1-3-2/h11H,3-10H2,1-2H3;3H2,1-2H3. The van der Waals surface area contributed by atoms with Gasteiger partial charge in [0, 0.05) is 19.7 Å². The van der Waals surface area contributed by atoms with E-state index in [2.05, 4.69) is 32.6 Å². The number of likely N-dealkylation sites (tertiary alicyclic amines) is 1. The Balaban J connectivity index is 0.000000673. The van der Waals surface area contributed by atoms with Gasteiger partial charge in [-0.05, 0) is 25.8 Å². The van der Waals surface area contributed by atoms with Crippen LogP contribution in [0.1, 0.15) is 59.8 Å². The fourth-order valence-electron chi connectivity index (χ4n) is 1.79. The summed E-state index contributed by atoms with van der Waals surface area (Å²) >= 11 is 0. The van der Waals surface area contributed by atoms with Crippen molar-refractivity contribution in [1.82, 2.24) is 4.90 Å². The Kier molecular flexibility index (Phi) is 11.3. The summed E-state index contributed by atoms with van der Waals surface area (Å²) in [6.45, 7) is 13.3. The zero-order chi connectivity index (χ0) is 12.2. The second kappa shape index (κ2) is 11.4. The number of rotatable bonds is 5. The number of nitrogens with zero attached hydrogens (tertiary/aromatic N) is 1. The lowest BCUT2D eigenvalue weighted by Crippen LogP contribution is -2.36. The average molecular weight is 229 g/mol. The first-order valence-corrected chi connectivity index (χ1v) is 7.12. The van der Waals surface area contributed by atoms with Gasteiger partial charge in [-0.1, -0.05) is 40.5 Å². The monoisotopic (exact) mass is 229 g/mol. The lowest BCUT2D eigenvalue weighted by atomic mass is 10.1. The van der Waals surface area contributed by atoms with Gasteiger partial charge in [0.25, 0.3) is 0 Å². The van der Waals surface area contributed by atoms with Gasteiger partial charge in [-0.15, -0.1) is 0 Å². The summed E-state index contributed by atoms with van der Waals surface area (Å²) in [4.78, 5) is 2.50. The van der Waals surface area contributed by atoms with Crippen LogP contribution in [0, 0.1) is 0 Å². The van der Waals surface area contributed by atoms with Crippen molar-refractivity contribution in [3.63, 3.8) is 0 Å². The van der Waals surface area contributed by atoms with E-state index in [-0.39, 0.29) is 0 Å². The molecule has 0 saturated carbocycles. The van der Waals surface area contributed by atoms with E-state index in [0.717, 1.165) is 6.61 Å². The van der Waals surface area contributed by atoms with Gasteiger partial charge < -0.3 is 9.64 Å². The van der Waals surface area contributed by atoms with Crippen molar-refractivity contribution in [2.24, 2.45) is 0 Å². The highest BCUT2D eigenvalue weighted by Crippen LogP contribution is 2.13. The fourth-order valence-corrected chi connectivity index (χ4v) is 1.79. The van der Waals surface area contributed by atoms with Crippen molar-refractivity contribution in [2.75, 3.05) is 26.2 Å². The SMILES string of the molecule is CCC.CCCCOC1CCN(CC)CC1. The third-order valence-corrected chi connectivity index (χ3v) is 2.83. The van der Waals surface area contributed by atoms with E-state index in [1.54, 1.807) is 0 Å². The molecule has 1 fully saturated rings. The molecular weight excluding hydrogens is 198 g/mol. The van der Waals surface area contributed by atoms with Gasteiger partial charge in [-0.2, -0.15) is 0 Å². The highest BCUT2D eigenvalue weighted by Gasteiger charge is 2.17. The molecule has 1 aliphatic rings. The van der Waals surface area contributed by atoms with Gasteiger partial charge >= 0.3 is 0 Å². The molecule has 98 valence electrons. The molecule has 16 heavy (non-hydrogen) atoms. The van der Waals surface area contributed by atoms with Crippen molar-refractivity contribution < 1.29 is 4.74 Å². The first kappa shape index (κ1) is 15.9. The molecule has 0 radical (unpaired) electrons. The van der Waals surface area contributed by atoms with Crippen molar-refractivity contribution >= 4 is 0 Å². The Morgan fingerprint density at radius 1 is 1.06 bits per heavy atom. The van der Waals surface area contributed by atoms with E-state index in [4.69, 9.17) is 4.74 Å². The zero-order valence-electron chi connectivity index (χ0n) is 11.8. The van der Waals surface area contributed by atoms with E-state index in [0.29, 0.717) is 6.10 Å². The second-order valence-electron chi connectivity index (χ2n) is 4.57. The molecule has 1 rings (SSSR count). The van der Waals surface area contributed by atoms with Gasteiger partial charge in [-0.3, -0.25) is 0 Å². The minimum absolute atomic E-state index is 0.550. The van der Waals surface area contributed by atoms with Crippen LogP contribution in [0.4, 0.5) is 0 Å². The lowest BCUT2D eigenvalue weighted by molar-refractivity contribution is 0.00744. The van der Waals surface area contributed by atoms with Crippen molar-refractivity contribution in [1.29, 1.82) is 0 Å². The van der Waals surface area contributed by atoms with E-state index in [9.17, 15) is 0 Å². The Morgan fingerprint density at radius 3 is 2.06 bits per heavy atom. The van der Waals surface area contributed by atoms with E-state index < -0.39 is 0 Å².